The third-order valence-corrected chi connectivity index (χ3v) is 2.38. The molecule has 0 N–H and O–H groups in total. The highest BCUT2D eigenvalue weighted by Gasteiger charge is 2.34. The van der Waals surface area contributed by atoms with Crippen molar-refractivity contribution in [3.63, 3.8) is 0 Å². The first-order chi connectivity index (χ1) is 8.52. The monoisotopic (exact) mass is 248 g/mol. The second kappa shape index (κ2) is 4.49. The van der Waals surface area contributed by atoms with Crippen molar-refractivity contribution in [2.45, 2.75) is 6.18 Å². The molecule has 0 saturated heterocycles. The number of halogens is 3. The molecule has 0 saturated carbocycles. The van der Waals surface area contributed by atoms with E-state index in [1.807, 2.05) is 0 Å². The fourth-order valence-corrected chi connectivity index (χ4v) is 1.54. The van der Waals surface area contributed by atoms with E-state index < -0.39 is 17.4 Å². The largest absolute Gasteiger partial charge is 0.419 e. The van der Waals surface area contributed by atoms with Gasteiger partial charge in [0, 0.05) is 5.56 Å². The summed E-state index contributed by atoms with van der Waals surface area (Å²) in [5.74, 6) is 0. The highest BCUT2D eigenvalue weighted by Crippen LogP contribution is 2.32. The Bertz CT molecular complexity index is 598. The Hall–Kier alpha value is -2.35. The molecule has 0 spiro atoms. The number of nitrogens with zero attached hydrogens (tertiary/aromatic N) is 2. The number of rotatable bonds is 1. The molecular formula is C13H7F3N2. The third-order valence-electron chi connectivity index (χ3n) is 2.38. The van der Waals surface area contributed by atoms with Gasteiger partial charge < -0.3 is 0 Å². The van der Waals surface area contributed by atoms with Gasteiger partial charge in [0.15, 0.2) is 5.69 Å². The summed E-state index contributed by atoms with van der Waals surface area (Å²) in [5, 5.41) is 8.74. The van der Waals surface area contributed by atoms with Crippen LogP contribution in [-0.2, 0) is 6.18 Å². The summed E-state index contributed by atoms with van der Waals surface area (Å²) >= 11 is 0. The summed E-state index contributed by atoms with van der Waals surface area (Å²) in [4.78, 5) is 3.75. The van der Waals surface area contributed by atoms with Crippen LogP contribution in [0.15, 0.2) is 42.5 Å². The van der Waals surface area contributed by atoms with Crippen molar-refractivity contribution in [2.24, 2.45) is 0 Å². The van der Waals surface area contributed by atoms with Crippen LogP contribution < -0.4 is 0 Å². The van der Waals surface area contributed by atoms with Crippen LogP contribution in [-0.4, -0.2) is 4.98 Å². The van der Waals surface area contributed by atoms with E-state index in [4.69, 9.17) is 5.26 Å². The lowest BCUT2D eigenvalue weighted by atomic mass is 10.1. The average molecular weight is 248 g/mol. The smallest absolute Gasteiger partial charge is 0.236 e. The maximum atomic E-state index is 12.6. The fraction of sp³-hybridized carbons (Fsp3) is 0.0769. The van der Waals surface area contributed by atoms with Crippen molar-refractivity contribution in [1.29, 1.82) is 5.26 Å². The van der Waals surface area contributed by atoms with Gasteiger partial charge in [0.2, 0.25) is 0 Å². The standard InChI is InChI=1S/C13H7F3N2/c14-13(15,16)10-6-7-11(18-12(10)8-17)9-4-2-1-3-5-9/h1-7H. The molecule has 18 heavy (non-hydrogen) atoms. The van der Waals surface area contributed by atoms with Crippen molar-refractivity contribution < 1.29 is 13.2 Å². The summed E-state index contributed by atoms with van der Waals surface area (Å²) < 4.78 is 37.7. The van der Waals surface area contributed by atoms with Gasteiger partial charge in [-0.3, -0.25) is 0 Å². The highest BCUT2D eigenvalue weighted by atomic mass is 19.4. The zero-order chi connectivity index (χ0) is 13.2. The molecule has 0 unspecified atom stereocenters. The molecule has 0 atom stereocenters. The van der Waals surface area contributed by atoms with Gasteiger partial charge in [-0.2, -0.15) is 18.4 Å². The molecule has 0 radical (unpaired) electrons. The van der Waals surface area contributed by atoms with E-state index in [2.05, 4.69) is 4.98 Å². The van der Waals surface area contributed by atoms with Crippen molar-refractivity contribution in [3.8, 4) is 17.3 Å². The van der Waals surface area contributed by atoms with Crippen LogP contribution in [0.4, 0.5) is 13.2 Å². The molecule has 0 bridgehead atoms. The molecular weight excluding hydrogens is 241 g/mol. The zero-order valence-corrected chi connectivity index (χ0v) is 9.07. The van der Waals surface area contributed by atoms with Crippen molar-refractivity contribution in [1.82, 2.24) is 4.98 Å². The van der Waals surface area contributed by atoms with E-state index in [-0.39, 0.29) is 0 Å². The van der Waals surface area contributed by atoms with Crippen molar-refractivity contribution >= 4 is 0 Å². The second-order valence-electron chi connectivity index (χ2n) is 3.57. The van der Waals surface area contributed by atoms with Gasteiger partial charge in [-0.1, -0.05) is 30.3 Å². The van der Waals surface area contributed by atoms with Gasteiger partial charge in [0.05, 0.1) is 11.3 Å². The van der Waals surface area contributed by atoms with E-state index in [1.165, 1.54) is 12.1 Å². The minimum absolute atomic E-state index is 0.347. The van der Waals surface area contributed by atoms with Crippen LogP contribution in [0, 0.1) is 11.3 Å². The second-order valence-corrected chi connectivity index (χ2v) is 3.57. The number of pyridine rings is 1. The number of aromatic nitrogens is 1. The van der Waals surface area contributed by atoms with E-state index in [0.717, 1.165) is 6.07 Å². The summed E-state index contributed by atoms with van der Waals surface area (Å²) in [5.41, 5.74) is -0.601. The Morgan fingerprint density at radius 2 is 1.67 bits per heavy atom. The lowest BCUT2D eigenvalue weighted by Gasteiger charge is -2.09. The van der Waals surface area contributed by atoms with Gasteiger partial charge in [-0.25, -0.2) is 4.98 Å². The van der Waals surface area contributed by atoms with Crippen LogP contribution in [0.1, 0.15) is 11.3 Å². The third kappa shape index (κ3) is 2.33. The lowest BCUT2D eigenvalue weighted by molar-refractivity contribution is -0.138. The summed E-state index contributed by atoms with van der Waals surface area (Å²) in [6.45, 7) is 0. The zero-order valence-electron chi connectivity index (χ0n) is 9.07. The topological polar surface area (TPSA) is 36.7 Å². The number of benzene rings is 1. The molecule has 1 aromatic carbocycles. The lowest BCUT2D eigenvalue weighted by Crippen LogP contribution is -2.09. The number of hydrogen-bond donors (Lipinski definition) is 0. The maximum absolute atomic E-state index is 12.6. The summed E-state index contributed by atoms with van der Waals surface area (Å²) in [6.07, 6.45) is -4.56. The molecule has 90 valence electrons. The Kier molecular flexibility index (Phi) is 3.02. The molecule has 2 nitrogen and oxygen atoms in total. The maximum Gasteiger partial charge on any atom is 0.419 e. The van der Waals surface area contributed by atoms with Crippen LogP contribution in [0.2, 0.25) is 0 Å². The molecule has 0 aliphatic heterocycles. The van der Waals surface area contributed by atoms with Crippen LogP contribution in [0.25, 0.3) is 11.3 Å². The SMILES string of the molecule is N#Cc1nc(-c2ccccc2)ccc1C(F)(F)F. The van der Waals surface area contributed by atoms with E-state index in [9.17, 15) is 13.2 Å². The van der Waals surface area contributed by atoms with Crippen molar-refractivity contribution in [3.05, 3.63) is 53.7 Å². The number of nitriles is 1. The molecule has 2 aromatic rings. The molecule has 1 aromatic heterocycles. The predicted octanol–water partition coefficient (Wildman–Crippen LogP) is 3.64. The Morgan fingerprint density at radius 1 is 1.00 bits per heavy atom. The van der Waals surface area contributed by atoms with Gasteiger partial charge in [0.1, 0.15) is 6.07 Å². The molecule has 2 rings (SSSR count). The quantitative estimate of drug-likeness (QED) is 0.772. The van der Waals surface area contributed by atoms with Gasteiger partial charge >= 0.3 is 6.18 Å². The number of alkyl halides is 3. The van der Waals surface area contributed by atoms with E-state index in [0.29, 0.717) is 11.3 Å². The summed E-state index contributed by atoms with van der Waals surface area (Å²) in [6, 6.07) is 12.4. The highest BCUT2D eigenvalue weighted by molar-refractivity contribution is 5.60. The first kappa shape index (κ1) is 12.1. The molecule has 0 amide bonds. The number of hydrogen-bond acceptors (Lipinski definition) is 2. The molecule has 0 aliphatic carbocycles. The van der Waals surface area contributed by atoms with E-state index >= 15 is 0 Å². The van der Waals surface area contributed by atoms with Crippen LogP contribution in [0.3, 0.4) is 0 Å². The first-order valence-electron chi connectivity index (χ1n) is 5.06. The fourth-order valence-electron chi connectivity index (χ4n) is 1.54. The Balaban J connectivity index is 2.54. The van der Waals surface area contributed by atoms with Crippen molar-refractivity contribution in [2.75, 3.05) is 0 Å². The van der Waals surface area contributed by atoms with Gasteiger partial charge in [-0.15, -0.1) is 0 Å². The van der Waals surface area contributed by atoms with E-state index in [1.54, 1.807) is 30.3 Å². The molecule has 1 heterocycles. The van der Waals surface area contributed by atoms with Crippen LogP contribution >= 0.6 is 0 Å². The first-order valence-corrected chi connectivity index (χ1v) is 5.06. The summed E-state index contributed by atoms with van der Waals surface area (Å²) in [7, 11) is 0. The minimum Gasteiger partial charge on any atom is -0.236 e. The molecule has 5 heteroatoms. The molecule has 0 fully saturated rings. The predicted molar refractivity (Wildman–Crippen MR) is 59.4 cm³/mol. The Labute approximate surface area is 101 Å². The normalized spacial score (nSPS) is 11.0. The van der Waals surface area contributed by atoms with Gasteiger partial charge in [0.25, 0.3) is 0 Å². The van der Waals surface area contributed by atoms with Gasteiger partial charge in [-0.05, 0) is 12.1 Å². The molecule has 0 aliphatic rings. The minimum atomic E-state index is -4.56. The Morgan fingerprint density at radius 3 is 2.22 bits per heavy atom. The average Bonchev–Trinajstić information content (AvgIpc) is 2.38. The van der Waals surface area contributed by atoms with Crippen LogP contribution in [0.5, 0.6) is 0 Å².